The number of carbonyl (C=O) groups is 3. The summed E-state index contributed by atoms with van der Waals surface area (Å²) in [7, 11) is 1.27. The van der Waals surface area contributed by atoms with Crippen LogP contribution in [0.2, 0.25) is 0 Å². The zero-order valence-electron chi connectivity index (χ0n) is 13.5. The van der Waals surface area contributed by atoms with Gasteiger partial charge in [0.25, 0.3) is 0 Å². The number of methoxy groups -OCH3 is 1. The van der Waals surface area contributed by atoms with Crippen molar-refractivity contribution in [2.75, 3.05) is 23.1 Å². The van der Waals surface area contributed by atoms with E-state index >= 15 is 0 Å². The molecule has 2 aromatic rings. The van der Waals surface area contributed by atoms with Crippen LogP contribution in [-0.4, -0.2) is 30.9 Å². The Kier molecular flexibility index (Phi) is 4.65. The summed E-state index contributed by atoms with van der Waals surface area (Å²) in [6.45, 7) is 0. The smallest absolute Gasteiger partial charge is 0.339 e. The van der Waals surface area contributed by atoms with Gasteiger partial charge in [-0.2, -0.15) is 0 Å². The fourth-order valence-electron chi connectivity index (χ4n) is 2.60. The third-order valence-electron chi connectivity index (χ3n) is 3.83. The number of para-hydroxylation sites is 3. The molecule has 3 rings (SSSR count). The molecule has 0 saturated carbocycles. The van der Waals surface area contributed by atoms with Crippen LogP contribution in [0.25, 0.3) is 0 Å². The van der Waals surface area contributed by atoms with E-state index in [-0.39, 0.29) is 23.8 Å². The molecule has 0 radical (unpaired) electrons. The van der Waals surface area contributed by atoms with Crippen LogP contribution in [0.1, 0.15) is 16.8 Å². The maximum absolute atomic E-state index is 12.3. The highest BCUT2D eigenvalue weighted by Crippen LogP contribution is 2.27. The lowest BCUT2D eigenvalue weighted by Gasteiger charge is -2.26. The van der Waals surface area contributed by atoms with Crippen molar-refractivity contribution in [3.8, 4) is 0 Å². The molecule has 0 spiro atoms. The SMILES string of the molecule is COC(=O)c1ccccc1NC(=O)C[C@H]1Nc2ccccc2NC1=O. The van der Waals surface area contributed by atoms with E-state index in [0.29, 0.717) is 11.4 Å². The zero-order chi connectivity index (χ0) is 17.8. The summed E-state index contributed by atoms with van der Waals surface area (Å²) in [5.74, 6) is -1.21. The minimum Gasteiger partial charge on any atom is -0.465 e. The lowest BCUT2D eigenvalue weighted by Crippen LogP contribution is -2.41. The van der Waals surface area contributed by atoms with Gasteiger partial charge >= 0.3 is 5.97 Å². The van der Waals surface area contributed by atoms with E-state index in [9.17, 15) is 14.4 Å². The highest BCUT2D eigenvalue weighted by molar-refractivity contribution is 6.07. The lowest BCUT2D eigenvalue weighted by molar-refractivity contribution is -0.122. The van der Waals surface area contributed by atoms with Gasteiger partial charge in [0.1, 0.15) is 6.04 Å². The molecule has 0 unspecified atom stereocenters. The first-order valence-corrected chi connectivity index (χ1v) is 7.72. The molecule has 7 nitrogen and oxygen atoms in total. The van der Waals surface area contributed by atoms with Gasteiger partial charge < -0.3 is 20.7 Å². The van der Waals surface area contributed by atoms with Gasteiger partial charge in [-0.25, -0.2) is 4.79 Å². The van der Waals surface area contributed by atoms with Crippen molar-refractivity contribution in [1.82, 2.24) is 0 Å². The quantitative estimate of drug-likeness (QED) is 0.742. The Morgan fingerprint density at radius 2 is 1.76 bits per heavy atom. The van der Waals surface area contributed by atoms with Crippen LogP contribution in [0, 0.1) is 0 Å². The molecule has 2 aromatic carbocycles. The Labute approximate surface area is 144 Å². The normalized spacial score (nSPS) is 15.4. The molecule has 1 aliphatic heterocycles. The van der Waals surface area contributed by atoms with Crippen molar-refractivity contribution in [2.45, 2.75) is 12.5 Å². The van der Waals surface area contributed by atoms with E-state index in [4.69, 9.17) is 4.74 Å². The van der Waals surface area contributed by atoms with Crippen molar-refractivity contribution in [3.63, 3.8) is 0 Å². The van der Waals surface area contributed by atoms with Gasteiger partial charge in [0, 0.05) is 0 Å². The highest BCUT2D eigenvalue weighted by atomic mass is 16.5. The van der Waals surface area contributed by atoms with Gasteiger partial charge in [-0.15, -0.1) is 0 Å². The van der Waals surface area contributed by atoms with E-state index < -0.39 is 12.0 Å². The monoisotopic (exact) mass is 339 g/mol. The number of esters is 1. The Bertz CT molecular complexity index is 835. The summed E-state index contributed by atoms with van der Waals surface area (Å²) in [5, 5.41) is 8.47. The number of nitrogens with one attached hydrogen (secondary N) is 3. The molecule has 1 atom stereocenters. The van der Waals surface area contributed by atoms with Crippen LogP contribution in [0.15, 0.2) is 48.5 Å². The molecule has 1 heterocycles. The van der Waals surface area contributed by atoms with Crippen molar-refractivity contribution in [2.24, 2.45) is 0 Å². The van der Waals surface area contributed by atoms with Crippen LogP contribution < -0.4 is 16.0 Å². The van der Waals surface area contributed by atoms with Crippen LogP contribution in [0.5, 0.6) is 0 Å². The molecule has 0 bridgehead atoms. The topological polar surface area (TPSA) is 96.5 Å². The predicted molar refractivity (Wildman–Crippen MR) is 93.5 cm³/mol. The van der Waals surface area contributed by atoms with E-state index in [1.165, 1.54) is 7.11 Å². The Hall–Kier alpha value is -3.35. The molecule has 7 heteroatoms. The number of benzene rings is 2. The largest absolute Gasteiger partial charge is 0.465 e. The average Bonchev–Trinajstić information content (AvgIpc) is 2.62. The number of anilines is 3. The van der Waals surface area contributed by atoms with Crippen molar-refractivity contribution in [3.05, 3.63) is 54.1 Å². The summed E-state index contributed by atoms with van der Waals surface area (Å²) >= 11 is 0. The first-order valence-electron chi connectivity index (χ1n) is 7.72. The predicted octanol–water partition coefficient (Wildman–Crippen LogP) is 2.23. The molecular formula is C18H17N3O4. The number of hydrogen-bond donors (Lipinski definition) is 3. The van der Waals surface area contributed by atoms with Crippen LogP contribution in [0.4, 0.5) is 17.1 Å². The number of amides is 2. The van der Waals surface area contributed by atoms with Crippen molar-refractivity contribution >= 4 is 34.8 Å². The maximum atomic E-state index is 12.3. The number of ether oxygens (including phenoxy) is 1. The number of hydrogen-bond acceptors (Lipinski definition) is 5. The molecule has 1 aliphatic rings. The fraction of sp³-hybridized carbons (Fsp3) is 0.167. The average molecular weight is 339 g/mol. The number of carbonyl (C=O) groups excluding carboxylic acids is 3. The second-order valence-electron chi connectivity index (χ2n) is 5.52. The molecule has 128 valence electrons. The second kappa shape index (κ2) is 7.04. The van der Waals surface area contributed by atoms with Crippen molar-refractivity contribution < 1.29 is 19.1 Å². The first-order chi connectivity index (χ1) is 12.1. The van der Waals surface area contributed by atoms with Crippen LogP contribution in [-0.2, 0) is 14.3 Å². The number of rotatable bonds is 4. The van der Waals surface area contributed by atoms with E-state index in [1.807, 2.05) is 18.2 Å². The van der Waals surface area contributed by atoms with E-state index in [0.717, 1.165) is 5.69 Å². The van der Waals surface area contributed by atoms with Gasteiger partial charge in [-0.05, 0) is 24.3 Å². The molecule has 2 amide bonds. The molecule has 0 fully saturated rings. The van der Waals surface area contributed by atoms with Gasteiger partial charge in [0.2, 0.25) is 11.8 Å². The summed E-state index contributed by atoms with van der Waals surface area (Å²) < 4.78 is 4.70. The second-order valence-corrected chi connectivity index (χ2v) is 5.52. The minimum atomic E-state index is -0.694. The summed E-state index contributed by atoms with van der Waals surface area (Å²) in [4.78, 5) is 36.2. The fourth-order valence-corrected chi connectivity index (χ4v) is 2.60. The van der Waals surface area contributed by atoms with Gasteiger partial charge in [-0.3, -0.25) is 9.59 Å². The highest BCUT2D eigenvalue weighted by Gasteiger charge is 2.27. The summed E-state index contributed by atoms with van der Waals surface area (Å²) in [6, 6.07) is 13.1. The molecule has 0 aromatic heterocycles. The van der Waals surface area contributed by atoms with Gasteiger partial charge in [0.15, 0.2) is 0 Å². The summed E-state index contributed by atoms with van der Waals surface area (Å²) in [5.41, 5.74) is 2.04. The van der Waals surface area contributed by atoms with Crippen LogP contribution in [0.3, 0.4) is 0 Å². The molecule has 3 N–H and O–H groups in total. The zero-order valence-corrected chi connectivity index (χ0v) is 13.5. The lowest BCUT2D eigenvalue weighted by atomic mass is 10.1. The standard InChI is InChI=1S/C18H17N3O4/c1-25-18(24)11-6-2-3-7-12(11)20-16(22)10-15-17(23)21-14-9-5-4-8-13(14)19-15/h2-9,15,19H,10H2,1H3,(H,20,22)(H,21,23)/t15-/m1/s1. The Morgan fingerprint density at radius 1 is 1.08 bits per heavy atom. The molecule has 25 heavy (non-hydrogen) atoms. The van der Waals surface area contributed by atoms with E-state index in [1.54, 1.807) is 30.3 Å². The molecule has 0 saturated heterocycles. The maximum Gasteiger partial charge on any atom is 0.339 e. The third-order valence-corrected chi connectivity index (χ3v) is 3.83. The molecule has 0 aliphatic carbocycles. The van der Waals surface area contributed by atoms with E-state index in [2.05, 4.69) is 16.0 Å². The van der Waals surface area contributed by atoms with Gasteiger partial charge in [0.05, 0.1) is 36.2 Å². The van der Waals surface area contributed by atoms with Gasteiger partial charge in [-0.1, -0.05) is 24.3 Å². The minimum absolute atomic E-state index is 0.0737. The van der Waals surface area contributed by atoms with Crippen molar-refractivity contribution in [1.29, 1.82) is 0 Å². The number of fused-ring (bicyclic) bond motifs is 1. The summed E-state index contributed by atoms with van der Waals surface area (Å²) in [6.07, 6.45) is -0.0737. The Morgan fingerprint density at radius 3 is 2.52 bits per heavy atom. The Balaban J connectivity index is 1.70. The molecular weight excluding hydrogens is 322 g/mol. The van der Waals surface area contributed by atoms with Crippen LogP contribution >= 0.6 is 0 Å². The first kappa shape index (κ1) is 16.5. The third kappa shape index (κ3) is 3.60.